The van der Waals surface area contributed by atoms with Crippen molar-refractivity contribution in [2.75, 3.05) is 30.4 Å². The molecule has 0 aliphatic heterocycles. The highest BCUT2D eigenvalue weighted by Crippen LogP contribution is 2.33. The minimum absolute atomic E-state index is 0.00134. The lowest BCUT2D eigenvalue weighted by atomic mass is 10.1. The second-order valence-corrected chi connectivity index (χ2v) is 7.09. The number of aromatic nitrogens is 2. The van der Waals surface area contributed by atoms with Gasteiger partial charge in [-0.15, -0.1) is 0 Å². The van der Waals surface area contributed by atoms with E-state index in [-0.39, 0.29) is 17.7 Å². The average molecular weight is 388 g/mol. The molecule has 28 heavy (non-hydrogen) atoms. The molecule has 7 nitrogen and oxygen atoms in total. The molecule has 1 fully saturated rings. The monoisotopic (exact) mass is 387 g/mol. The van der Waals surface area contributed by atoms with Gasteiger partial charge in [0, 0.05) is 37.6 Å². The highest BCUT2D eigenvalue weighted by molar-refractivity contribution is 6.11. The first-order valence-corrected chi connectivity index (χ1v) is 10.3. The summed E-state index contributed by atoms with van der Waals surface area (Å²) in [6.07, 6.45) is 5.66. The molecule has 2 heterocycles. The van der Waals surface area contributed by atoms with Gasteiger partial charge in [0.05, 0.1) is 11.1 Å². The molecule has 7 heteroatoms. The Labute approximate surface area is 167 Å². The molecule has 0 radical (unpaired) electrons. The Morgan fingerprint density at radius 2 is 1.93 bits per heavy atom. The van der Waals surface area contributed by atoms with E-state index < -0.39 is 0 Å². The zero-order valence-electron chi connectivity index (χ0n) is 17.7. The summed E-state index contributed by atoms with van der Waals surface area (Å²) in [5.41, 5.74) is 1.19. The van der Waals surface area contributed by atoms with Gasteiger partial charge in [0.25, 0.3) is 5.91 Å². The highest BCUT2D eigenvalue weighted by Gasteiger charge is 2.30. The van der Waals surface area contributed by atoms with E-state index in [1.807, 2.05) is 6.07 Å². The molecule has 3 N–H and O–H groups in total. The Hall–Kier alpha value is -2.57. The predicted octanol–water partition coefficient (Wildman–Crippen LogP) is 3.92. The third kappa shape index (κ3) is 5.03. The highest BCUT2D eigenvalue weighted by atomic mass is 16.2. The van der Waals surface area contributed by atoms with Crippen molar-refractivity contribution in [2.45, 2.75) is 53.4 Å². The van der Waals surface area contributed by atoms with Crippen LogP contribution in [0.3, 0.4) is 0 Å². The molecule has 1 saturated carbocycles. The molecule has 0 bridgehead atoms. The number of nitrogens with one attached hydrogen (secondary N) is 3. The van der Waals surface area contributed by atoms with Gasteiger partial charge in [-0.05, 0) is 32.3 Å². The Balaban J connectivity index is 0.000000878. The third-order valence-corrected chi connectivity index (χ3v) is 4.53. The van der Waals surface area contributed by atoms with E-state index >= 15 is 0 Å². The van der Waals surface area contributed by atoms with E-state index in [1.54, 1.807) is 7.05 Å². The van der Waals surface area contributed by atoms with E-state index in [2.05, 4.69) is 53.2 Å². The summed E-state index contributed by atoms with van der Waals surface area (Å²) in [7, 11) is 1.60. The summed E-state index contributed by atoms with van der Waals surface area (Å²) >= 11 is 0. The molecule has 1 aliphatic carbocycles. The van der Waals surface area contributed by atoms with Gasteiger partial charge in [0.2, 0.25) is 5.91 Å². The number of fused-ring (bicyclic) bond motifs is 1. The van der Waals surface area contributed by atoms with Gasteiger partial charge in [0.1, 0.15) is 5.82 Å². The molecule has 0 unspecified atom stereocenters. The summed E-state index contributed by atoms with van der Waals surface area (Å²) in [6.45, 7) is 10.2. The van der Waals surface area contributed by atoms with Gasteiger partial charge in [-0.3, -0.25) is 9.59 Å². The fourth-order valence-electron chi connectivity index (χ4n) is 2.97. The molecule has 0 aromatic carbocycles. The molecular formula is C21H33N5O2. The number of hydrogen-bond donors (Lipinski definition) is 3. The van der Waals surface area contributed by atoms with Crippen molar-refractivity contribution in [3.63, 3.8) is 0 Å². The maximum atomic E-state index is 12.2. The topological polar surface area (TPSA) is 90.1 Å². The Bertz CT molecular complexity index is 810. The number of nitrogens with zero attached hydrogens (tertiary/aromatic N) is 2. The number of aromatic amines is 1. The summed E-state index contributed by atoms with van der Waals surface area (Å²) in [5, 5.41) is 6.32. The Morgan fingerprint density at radius 3 is 2.46 bits per heavy atom. The van der Waals surface area contributed by atoms with E-state index in [4.69, 9.17) is 0 Å². The van der Waals surface area contributed by atoms with Gasteiger partial charge in [-0.2, -0.15) is 0 Å². The van der Waals surface area contributed by atoms with E-state index in [0.717, 1.165) is 43.6 Å². The van der Waals surface area contributed by atoms with Gasteiger partial charge in [-0.1, -0.05) is 27.2 Å². The number of H-pyrrole nitrogens is 1. The first kappa shape index (κ1) is 21.7. The zero-order chi connectivity index (χ0) is 20.7. The molecule has 0 atom stereocenters. The van der Waals surface area contributed by atoms with Gasteiger partial charge < -0.3 is 20.5 Å². The first-order chi connectivity index (χ1) is 13.5. The van der Waals surface area contributed by atoms with E-state index in [1.165, 1.54) is 12.6 Å². The number of hydrogen-bond acceptors (Lipinski definition) is 4. The molecule has 154 valence electrons. The van der Waals surface area contributed by atoms with Crippen LogP contribution in [-0.4, -0.2) is 41.9 Å². The van der Waals surface area contributed by atoms with Gasteiger partial charge >= 0.3 is 0 Å². The van der Waals surface area contributed by atoms with E-state index in [0.29, 0.717) is 16.9 Å². The van der Waals surface area contributed by atoms with Crippen LogP contribution in [0.1, 0.15) is 63.7 Å². The summed E-state index contributed by atoms with van der Waals surface area (Å²) in [6, 6.07) is 1.97. The molecule has 1 aliphatic rings. The molecule has 2 aromatic heterocycles. The van der Waals surface area contributed by atoms with Crippen molar-refractivity contribution in [1.82, 2.24) is 15.3 Å². The van der Waals surface area contributed by atoms with Crippen LogP contribution in [0.15, 0.2) is 12.3 Å². The molecule has 2 amide bonds. The normalized spacial score (nSPS) is 12.9. The van der Waals surface area contributed by atoms with Crippen LogP contribution >= 0.6 is 0 Å². The minimum atomic E-state index is -0.193. The van der Waals surface area contributed by atoms with Crippen LogP contribution in [0, 0.1) is 5.92 Å². The quantitative estimate of drug-likeness (QED) is 0.671. The number of amides is 2. The SMILES string of the molecule is CCC.CCCN(CC)c1cc2c(C(=O)NC)cnc(NC(=O)C3CC3)c2[nH]1. The van der Waals surface area contributed by atoms with Crippen LogP contribution < -0.4 is 15.5 Å². The van der Waals surface area contributed by atoms with Crippen molar-refractivity contribution in [1.29, 1.82) is 0 Å². The van der Waals surface area contributed by atoms with Gasteiger partial charge in [0.15, 0.2) is 5.82 Å². The molecule has 0 spiro atoms. The lowest BCUT2D eigenvalue weighted by molar-refractivity contribution is -0.117. The van der Waals surface area contributed by atoms with Crippen molar-refractivity contribution >= 4 is 34.4 Å². The second kappa shape index (κ2) is 10.1. The second-order valence-electron chi connectivity index (χ2n) is 7.09. The fraction of sp³-hybridized carbons (Fsp3) is 0.571. The summed E-state index contributed by atoms with van der Waals surface area (Å²) in [4.78, 5) is 34.2. The molecule has 3 rings (SSSR count). The smallest absolute Gasteiger partial charge is 0.253 e. The van der Waals surface area contributed by atoms with E-state index in [9.17, 15) is 9.59 Å². The van der Waals surface area contributed by atoms with Crippen molar-refractivity contribution in [3.8, 4) is 0 Å². The largest absolute Gasteiger partial charge is 0.358 e. The maximum absolute atomic E-state index is 12.2. The molecule has 2 aromatic rings. The molecule has 0 saturated heterocycles. The molecular weight excluding hydrogens is 354 g/mol. The Kier molecular flexibility index (Phi) is 7.84. The Morgan fingerprint density at radius 1 is 1.25 bits per heavy atom. The zero-order valence-corrected chi connectivity index (χ0v) is 17.7. The van der Waals surface area contributed by atoms with Crippen molar-refractivity contribution in [3.05, 3.63) is 17.8 Å². The maximum Gasteiger partial charge on any atom is 0.253 e. The number of rotatable bonds is 7. The van der Waals surface area contributed by atoms with Gasteiger partial charge in [-0.25, -0.2) is 4.98 Å². The average Bonchev–Trinajstić information content (AvgIpc) is 3.45. The van der Waals surface area contributed by atoms with Crippen LogP contribution in [0.5, 0.6) is 0 Å². The summed E-state index contributed by atoms with van der Waals surface area (Å²) < 4.78 is 0. The minimum Gasteiger partial charge on any atom is -0.358 e. The number of anilines is 2. The van der Waals surface area contributed by atoms with Crippen LogP contribution in [0.2, 0.25) is 0 Å². The number of carbonyl (C=O) groups is 2. The summed E-state index contributed by atoms with van der Waals surface area (Å²) in [5.74, 6) is 1.31. The first-order valence-electron chi connectivity index (χ1n) is 10.3. The third-order valence-electron chi connectivity index (χ3n) is 4.53. The standard InChI is InChI=1S/C18H25N5O2.C3H8/c1-4-8-23(5-2)14-9-12-13(18(25)19-3)10-20-16(15(12)21-14)22-17(24)11-6-7-11;1-3-2/h9-11,21H,4-8H2,1-3H3,(H,19,25)(H,20,22,24);3H2,1-2H3. The van der Waals surface area contributed by atoms with Crippen molar-refractivity contribution < 1.29 is 9.59 Å². The number of pyridine rings is 1. The predicted molar refractivity (Wildman–Crippen MR) is 115 cm³/mol. The lowest BCUT2D eigenvalue weighted by Crippen LogP contribution is -2.23. The van der Waals surface area contributed by atoms with Crippen LogP contribution in [0.25, 0.3) is 10.9 Å². The van der Waals surface area contributed by atoms with Crippen molar-refractivity contribution in [2.24, 2.45) is 5.92 Å². The van der Waals surface area contributed by atoms with Crippen LogP contribution in [-0.2, 0) is 4.79 Å². The lowest BCUT2D eigenvalue weighted by Gasteiger charge is -2.20. The number of carbonyl (C=O) groups excluding carboxylic acids is 2. The van der Waals surface area contributed by atoms with Crippen LogP contribution in [0.4, 0.5) is 11.6 Å². The fourth-order valence-corrected chi connectivity index (χ4v) is 2.97.